The largest absolute Gasteiger partial charge is 0.341 e. The first-order chi connectivity index (χ1) is 9.20. The zero-order valence-corrected chi connectivity index (χ0v) is 11.7. The van der Waals surface area contributed by atoms with Crippen molar-refractivity contribution in [2.75, 3.05) is 13.6 Å². The van der Waals surface area contributed by atoms with Crippen molar-refractivity contribution in [3.63, 3.8) is 0 Å². The summed E-state index contributed by atoms with van der Waals surface area (Å²) in [5, 5.41) is 3.00. The normalized spacial score (nSPS) is 10.4. The van der Waals surface area contributed by atoms with Crippen molar-refractivity contribution in [2.45, 2.75) is 13.0 Å². The predicted octanol–water partition coefficient (Wildman–Crippen LogP) is 1.92. The lowest BCUT2D eigenvalue weighted by atomic mass is 10.1. The van der Waals surface area contributed by atoms with E-state index in [-0.39, 0.29) is 5.91 Å². The first kappa shape index (κ1) is 13.7. The van der Waals surface area contributed by atoms with E-state index in [4.69, 9.17) is 5.73 Å². The van der Waals surface area contributed by atoms with Gasteiger partial charge in [-0.15, -0.1) is 11.3 Å². The highest BCUT2D eigenvalue weighted by molar-refractivity contribution is 7.09. The maximum absolute atomic E-state index is 12.2. The van der Waals surface area contributed by atoms with E-state index < -0.39 is 0 Å². The molecule has 0 fully saturated rings. The van der Waals surface area contributed by atoms with Gasteiger partial charge in [0, 0.05) is 43.7 Å². The van der Waals surface area contributed by atoms with Crippen molar-refractivity contribution < 1.29 is 4.79 Å². The van der Waals surface area contributed by atoms with E-state index in [1.165, 1.54) is 0 Å². The van der Waals surface area contributed by atoms with Crippen molar-refractivity contribution in [2.24, 2.45) is 5.73 Å². The Bertz CT molecular complexity index is 522. The van der Waals surface area contributed by atoms with Gasteiger partial charge in [0.1, 0.15) is 0 Å². The number of thiazole rings is 1. The van der Waals surface area contributed by atoms with Crippen molar-refractivity contribution in [1.29, 1.82) is 0 Å². The van der Waals surface area contributed by atoms with Gasteiger partial charge in [0.25, 0.3) is 5.91 Å². The van der Waals surface area contributed by atoms with Crippen LogP contribution in [0.1, 0.15) is 20.9 Å². The average Bonchev–Trinajstić information content (AvgIpc) is 2.97. The van der Waals surface area contributed by atoms with E-state index in [2.05, 4.69) is 4.98 Å². The quantitative estimate of drug-likeness (QED) is 0.907. The molecule has 0 aliphatic heterocycles. The molecule has 1 aromatic carbocycles. The van der Waals surface area contributed by atoms with Crippen LogP contribution in [-0.4, -0.2) is 29.4 Å². The van der Waals surface area contributed by atoms with Crippen LogP contribution in [-0.2, 0) is 13.0 Å². The molecule has 0 unspecified atom stereocenters. The zero-order chi connectivity index (χ0) is 13.7. The minimum absolute atomic E-state index is 0.0279. The molecule has 5 heteroatoms. The van der Waals surface area contributed by atoms with E-state index >= 15 is 0 Å². The van der Waals surface area contributed by atoms with Crippen LogP contribution in [0.2, 0.25) is 0 Å². The summed E-state index contributed by atoms with van der Waals surface area (Å²) in [7, 11) is 1.81. The van der Waals surface area contributed by atoms with Gasteiger partial charge >= 0.3 is 0 Å². The SMILES string of the molecule is CN(CCc1nccs1)C(=O)c1ccc(CN)cc1. The lowest BCUT2D eigenvalue weighted by Crippen LogP contribution is -2.28. The first-order valence-electron chi connectivity index (χ1n) is 6.13. The van der Waals surface area contributed by atoms with Gasteiger partial charge in [-0.2, -0.15) is 0 Å². The number of nitrogens with zero attached hydrogens (tertiary/aromatic N) is 2. The number of hydrogen-bond acceptors (Lipinski definition) is 4. The maximum atomic E-state index is 12.2. The molecule has 0 atom stereocenters. The number of nitrogens with two attached hydrogens (primary N) is 1. The Morgan fingerprint density at radius 1 is 1.37 bits per heavy atom. The van der Waals surface area contributed by atoms with E-state index in [0.717, 1.165) is 17.0 Å². The summed E-state index contributed by atoms with van der Waals surface area (Å²) in [4.78, 5) is 18.1. The molecule has 2 N–H and O–H groups in total. The predicted molar refractivity (Wildman–Crippen MR) is 77.1 cm³/mol. The topological polar surface area (TPSA) is 59.2 Å². The minimum atomic E-state index is 0.0279. The van der Waals surface area contributed by atoms with Gasteiger partial charge in [-0.3, -0.25) is 4.79 Å². The average molecular weight is 275 g/mol. The van der Waals surface area contributed by atoms with Crippen molar-refractivity contribution >= 4 is 17.2 Å². The van der Waals surface area contributed by atoms with E-state index in [1.807, 2.05) is 36.7 Å². The van der Waals surface area contributed by atoms with Crippen molar-refractivity contribution in [3.05, 3.63) is 52.0 Å². The smallest absolute Gasteiger partial charge is 0.253 e. The Morgan fingerprint density at radius 3 is 2.68 bits per heavy atom. The van der Waals surface area contributed by atoms with Gasteiger partial charge in [0.15, 0.2) is 0 Å². The molecule has 1 heterocycles. The second-order valence-electron chi connectivity index (χ2n) is 4.30. The first-order valence-corrected chi connectivity index (χ1v) is 7.01. The zero-order valence-electron chi connectivity index (χ0n) is 10.9. The van der Waals surface area contributed by atoms with Gasteiger partial charge < -0.3 is 10.6 Å². The number of aromatic nitrogens is 1. The van der Waals surface area contributed by atoms with E-state index in [0.29, 0.717) is 18.7 Å². The molecule has 100 valence electrons. The van der Waals surface area contributed by atoms with Crippen LogP contribution < -0.4 is 5.73 Å². The van der Waals surface area contributed by atoms with Crippen LogP contribution in [0, 0.1) is 0 Å². The van der Waals surface area contributed by atoms with E-state index in [1.54, 1.807) is 22.4 Å². The molecule has 0 saturated heterocycles. The van der Waals surface area contributed by atoms with Gasteiger partial charge in [0.05, 0.1) is 5.01 Å². The van der Waals surface area contributed by atoms with Crippen LogP contribution in [0.3, 0.4) is 0 Å². The fourth-order valence-corrected chi connectivity index (χ4v) is 2.35. The molecule has 0 aliphatic rings. The molecule has 0 spiro atoms. The number of amides is 1. The highest BCUT2D eigenvalue weighted by Gasteiger charge is 2.11. The summed E-state index contributed by atoms with van der Waals surface area (Å²) >= 11 is 1.61. The lowest BCUT2D eigenvalue weighted by molar-refractivity contribution is 0.0796. The summed E-state index contributed by atoms with van der Waals surface area (Å²) in [5.74, 6) is 0.0279. The Morgan fingerprint density at radius 2 is 2.11 bits per heavy atom. The van der Waals surface area contributed by atoms with Crippen LogP contribution in [0.25, 0.3) is 0 Å². The Labute approximate surface area is 116 Å². The number of carbonyl (C=O) groups is 1. The van der Waals surface area contributed by atoms with Gasteiger partial charge in [0.2, 0.25) is 0 Å². The third-order valence-electron chi connectivity index (χ3n) is 2.93. The molecule has 0 saturated carbocycles. The number of benzene rings is 1. The molecule has 2 aromatic rings. The number of hydrogen-bond donors (Lipinski definition) is 1. The molecule has 0 radical (unpaired) electrons. The molecule has 0 aliphatic carbocycles. The summed E-state index contributed by atoms with van der Waals surface area (Å²) < 4.78 is 0. The molecular weight excluding hydrogens is 258 g/mol. The highest BCUT2D eigenvalue weighted by Crippen LogP contribution is 2.09. The number of likely N-dealkylation sites (N-methyl/N-ethyl adjacent to an activating group) is 1. The standard InChI is InChI=1S/C14H17N3OS/c1-17(8-6-13-16-7-9-19-13)14(18)12-4-2-11(10-15)3-5-12/h2-5,7,9H,6,8,10,15H2,1H3. The third-order valence-corrected chi connectivity index (χ3v) is 3.77. The minimum Gasteiger partial charge on any atom is -0.341 e. The van der Waals surface area contributed by atoms with Crippen LogP contribution in [0.4, 0.5) is 0 Å². The second kappa shape index (κ2) is 6.45. The Kier molecular flexibility index (Phi) is 4.65. The third kappa shape index (κ3) is 3.62. The fourth-order valence-electron chi connectivity index (χ4n) is 1.75. The molecule has 1 amide bonds. The number of rotatable bonds is 5. The Hall–Kier alpha value is -1.72. The fraction of sp³-hybridized carbons (Fsp3) is 0.286. The van der Waals surface area contributed by atoms with Crippen LogP contribution >= 0.6 is 11.3 Å². The molecule has 2 rings (SSSR count). The van der Waals surface area contributed by atoms with Gasteiger partial charge in [-0.05, 0) is 17.7 Å². The van der Waals surface area contributed by atoms with Gasteiger partial charge in [-0.1, -0.05) is 12.1 Å². The Balaban J connectivity index is 1.94. The van der Waals surface area contributed by atoms with Crippen molar-refractivity contribution in [1.82, 2.24) is 9.88 Å². The molecule has 1 aromatic heterocycles. The summed E-state index contributed by atoms with van der Waals surface area (Å²) in [5.41, 5.74) is 7.26. The second-order valence-corrected chi connectivity index (χ2v) is 5.28. The van der Waals surface area contributed by atoms with Gasteiger partial charge in [-0.25, -0.2) is 4.98 Å². The lowest BCUT2D eigenvalue weighted by Gasteiger charge is -2.16. The number of carbonyl (C=O) groups excluding carboxylic acids is 1. The summed E-state index contributed by atoms with van der Waals surface area (Å²) in [6.07, 6.45) is 2.58. The van der Waals surface area contributed by atoms with Crippen LogP contribution in [0.15, 0.2) is 35.8 Å². The summed E-state index contributed by atoms with van der Waals surface area (Å²) in [6, 6.07) is 7.43. The highest BCUT2D eigenvalue weighted by atomic mass is 32.1. The summed E-state index contributed by atoms with van der Waals surface area (Å²) in [6.45, 7) is 1.17. The van der Waals surface area contributed by atoms with E-state index in [9.17, 15) is 4.79 Å². The molecule has 19 heavy (non-hydrogen) atoms. The molecular formula is C14H17N3OS. The molecule has 4 nitrogen and oxygen atoms in total. The monoisotopic (exact) mass is 275 g/mol. The van der Waals surface area contributed by atoms with Crippen molar-refractivity contribution in [3.8, 4) is 0 Å². The maximum Gasteiger partial charge on any atom is 0.253 e. The van der Waals surface area contributed by atoms with Crippen LogP contribution in [0.5, 0.6) is 0 Å². The molecule has 0 bridgehead atoms.